The molecule has 0 saturated carbocycles. The minimum atomic E-state index is -3.39. The van der Waals surface area contributed by atoms with Gasteiger partial charge in [-0.25, -0.2) is 21.1 Å². The highest BCUT2D eigenvalue weighted by molar-refractivity contribution is 7.91. The second-order valence-corrected chi connectivity index (χ2v) is 11.3. The number of hydrogen-bond acceptors (Lipinski definition) is 5. The van der Waals surface area contributed by atoms with E-state index in [0.29, 0.717) is 30.4 Å². The normalized spacial score (nSPS) is 24.0. The zero-order chi connectivity index (χ0) is 16.0. The Morgan fingerprint density at radius 2 is 1.64 bits per heavy atom. The summed E-state index contributed by atoms with van der Waals surface area (Å²) in [6, 6.07) is 3.37. The van der Waals surface area contributed by atoms with Crippen LogP contribution in [-0.4, -0.2) is 57.9 Å². The Morgan fingerprint density at radius 1 is 1.05 bits per heavy atom. The molecular weight excluding hydrogens is 344 g/mol. The van der Waals surface area contributed by atoms with Crippen LogP contribution in [0.15, 0.2) is 21.7 Å². The van der Waals surface area contributed by atoms with Crippen molar-refractivity contribution in [3.8, 4) is 0 Å². The maximum absolute atomic E-state index is 12.5. The van der Waals surface area contributed by atoms with Gasteiger partial charge in [-0.2, -0.15) is 4.31 Å². The van der Waals surface area contributed by atoms with E-state index in [1.165, 1.54) is 26.2 Å². The Balaban J connectivity index is 1.69. The van der Waals surface area contributed by atoms with Crippen LogP contribution in [0.4, 0.5) is 0 Å². The zero-order valence-electron chi connectivity index (χ0n) is 12.4. The first-order valence-electron chi connectivity index (χ1n) is 7.22. The van der Waals surface area contributed by atoms with E-state index in [1.54, 1.807) is 17.5 Å². The monoisotopic (exact) mass is 364 g/mol. The summed E-state index contributed by atoms with van der Waals surface area (Å²) < 4.78 is 51.8. The first kappa shape index (κ1) is 16.4. The van der Waals surface area contributed by atoms with Crippen LogP contribution in [0.5, 0.6) is 0 Å². The molecule has 6 nitrogen and oxygen atoms in total. The van der Waals surface area contributed by atoms with Crippen molar-refractivity contribution in [1.82, 2.24) is 8.61 Å². The smallest absolute Gasteiger partial charge is 0.213 e. The molecule has 0 atom stereocenters. The molecule has 2 aliphatic heterocycles. The Kier molecular flexibility index (Phi) is 4.14. The first-order chi connectivity index (χ1) is 10.2. The van der Waals surface area contributed by atoms with E-state index in [2.05, 4.69) is 0 Å². The second-order valence-electron chi connectivity index (χ2n) is 6.18. The van der Waals surface area contributed by atoms with E-state index in [4.69, 9.17) is 0 Å². The van der Waals surface area contributed by atoms with Gasteiger partial charge in [0.1, 0.15) is 4.21 Å². The van der Waals surface area contributed by atoms with Crippen molar-refractivity contribution in [2.75, 3.05) is 32.4 Å². The Hall–Kier alpha value is -0.480. The predicted octanol–water partition coefficient (Wildman–Crippen LogP) is 1.18. The molecule has 3 rings (SSSR count). The number of hydrogen-bond donors (Lipinski definition) is 0. The molecule has 124 valence electrons. The van der Waals surface area contributed by atoms with Crippen LogP contribution in [0, 0.1) is 5.41 Å². The number of rotatable bonds is 3. The molecule has 0 radical (unpaired) electrons. The molecule has 0 unspecified atom stereocenters. The summed E-state index contributed by atoms with van der Waals surface area (Å²) in [5, 5.41) is 1.76. The highest BCUT2D eigenvalue weighted by Gasteiger charge is 2.45. The van der Waals surface area contributed by atoms with Gasteiger partial charge in [-0.05, 0) is 36.1 Å². The maximum Gasteiger partial charge on any atom is 0.252 e. The third-order valence-corrected chi connectivity index (χ3v) is 9.27. The Bertz CT molecular complexity index is 732. The molecule has 3 heterocycles. The van der Waals surface area contributed by atoms with Gasteiger partial charge in [0.25, 0.3) is 10.0 Å². The summed E-state index contributed by atoms with van der Waals surface area (Å²) in [6.45, 7) is 2.02. The first-order valence-corrected chi connectivity index (χ1v) is 11.4. The summed E-state index contributed by atoms with van der Waals surface area (Å²) in [7, 11) is -6.54. The average molecular weight is 365 g/mol. The van der Waals surface area contributed by atoms with Crippen molar-refractivity contribution in [3.05, 3.63) is 17.5 Å². The average Bonchev–Trinajstić information content (AvgIpc) is 3.08. The lowest BCUT2D eigenvalue weighted by atomic mass is 9.78. The molecular formula is C13H20N2O4S3. The third kappa shape index (κ3) is 2.96. The highest BCUT2D eigenvalue weighted by atomic mass is 32.2. The molecule has 0 aromatic carbocycles. The van der Waals surface area contributed by atoms with Gasteiger partial charge in [-0.15, -0.1) is 11.3 Å². The lowest BCUT2D eigenvalue weighted by Crippen LogP contribution is -2.44. The summed E-state index contributed by atoms with van der Waals surface area (Å²) in [6.07, 6.45) is 3.52. The molecule has 0 aliphatic carbocycles. The van der Waals surface area contributed by atoms with Gasteiger partial charge in [-0.3, -0.25) is 0 Å². The molecule has 1 aromatic heterocycles. The lowest BCUT2D eigenvalue weighted by molar-refractivity contribution is 0.168. The molecule has 9 heteroatoms. The van der Waals surface area contributed by atoms with E-state index >= 15 is 0 Å². The largest absolute Gasteiger partial charge is 0.252 e. The predicted molar refractivity (Wildman–Crippen MR) is 85.8 cm³/mol. The lowest BCUT2D eigenvalue weighted by Gasteiger charge is -2.38. The van der Waals surface area contributed by atoms with Crippen LogP contribution >= 0.6 is 11.3 Å². The van der Waals surface area contributed by atoms with Crippen molar-refractivity contribution < 1.29 is 16.8 Å². The van der Waals surface area contributed by atoms with Crippen LogP contribution in [0.2, 0.25) is 0 Å². The summed E-state index contributed by atoms with van der Waals surface area (Å²) >= 11 is 1.23. The van der Waals surface area contributed by atoms with E-state index in [9.17, 15) is 16.8 Å². The van der Waals surface area contributed by atoms with Crippen LogP contribution in [0.25, 0.3) is 0 Å². The molecule has 0 amide bonds. The molecule has 2 aliphatic rings. The standard InChI is InChI=1S/C13H20N2O4S3/c1-21(16,17)15-9-6-13(11-15)4-7-14(8-5-13)22(18,19)12-3-2-10-20-12/h2-3,10H,4-9,11H2,1H3. The van der Waals surface area contributed by atoms with E-state index in [0.717, 1.165) is 19.3 Å². The van der Waals surface area contributed by atoms with Gasteiger partial charge in [0.2, 0.25) is 10.0 Å². The third-order valence-electron chi connectivity index (χ3n) is 4.74. The van der Waals surface area contributed by atoms with Crippen molar-refractivity contribution in [3.63, 3.8) is 0 Å². The minimum Gasteiger partial charge on any atom is -0.213 e. The van der Waals surface area contributed by atoms with Gasteiger partial charge in [0, 0.05) is 26.2 Å². The van der Waals surface area contributed by atoms with Crippen LogP contribution in [0.3, 0.4) is 0 Å². The maximum atomic E-state index is 12.5. The van der Waals surface area contributed by atoms with Crippen molar-refractivity contribution in [2.45, 2.75) is 23.5 Å². The number of piperidine rings is 1. The van der Waals surface area contributed by atoms with E-state index in [1.807, 2.05) is 0 Å². The Labute approximate surface area is 135 Å². The molecule has 0 N–H and O–H groups in total. The van der Waals surface area contributed by atoms with Crippen molar-refractivity contribution >= 4 is 31.4 Å². The molecule has 0 bridgehead atoms. The zero-order valence-corrected chi connectivity index (χ0v) is 14.9. The minimum absolute atomic E-state index is 0.0510. The molecule has 2 fully saturated rings. The quantitative estimate of drug-likeness (QED) is 0.807. The number of thiophene rings is 1. The summed E-state index contributed by atoms with van der Waals surface area (Å²) in [4.78, 5) is 0. The SMILES string of the molecule is CS(=O)(=O)N1CCC2(CCN(S(=O)(=O)c3cccs3)CC2)C1. The van der Waals surface area contributed by atoms with Crippen LogP contribution < -0.4 is 0 Å². The van der Waals surface area contributed by atoms with Gasteiger partial charge < -0.3 is 0 Å². The molecule has 1 aromatic rings. The molecule has 1 spiro atoms. The highest BCUT2D eigenvalue weighted by Crippen LogP contribution is 2.42. The van der Waals surface area contributed by atoms with Gasteiger partial charge >= 0.3 is 0 Å². The fourth-order valence-electron chi connectivity index (χ4n) is 3.32. The van der Waals surface area contributed by atoms with E-state index in [-0.39, 0.29) is 5.41 Å². The van der Waals surface area contributed by atoms with Crippen molar-refractivity contribution in [1.29, 1.82) is 0 Å². The van der Waals surface area contributed by atoms with E-state index < -0.39 is 20.0 Å². The number of nitrogens with zero attached hydrogens (tertiary/aromatic N) is 2. The fraction of sp³-hybridized carbons (Fsp3) is 0.692. The second kappa shape index (κ2) is 5.55. The topological polar surface area (TPSA) is 74.8 Å². The van der Waals surface area contributed by atoms with Gasteiger partial charge in [0.15, 0.2) is 0 Å². The van der Waals surface area contributed by atoms with Crippen molar-refractivity contribution in [2.24, 2.45) is 5.41 Å². The van der Waals surface area contributed by atoms with Gasteiger partial charge in [-0.1, -0.05) is 6.07 Å². The summed E-state index contributed by atoms with van der Waals surface area (Å²) in [5.41, 5.74) is -0.0510. The fourth-order valence-corrected chi connectivity index (χ4v) is 6.84. The van der Waals surface area contributed by atoms with Gasteiger partial charge in [0.05, 0.1) is 6.26 Å². The number of sulfonamides is 2. The van der Waals surface area contributed by atoms with Crippen LogP contribution in [-0.2, 0) is 20.0 Å². The van der Waals surface area contributed by atoms with Crippen LogP contribution in [0.1, 0.15) is 19.3 Å². The Morgan fingerprint density at radius 3 is 2.09 bits per heavy atom. The molecule has 22 heavy (non-hydrogen) atoms. The molecule has 2 saturated heterocycles. The summed E-state index contributed by atoms with van der Waals surface area (Å²) in [5.74, 6) is 0.